The van der Waals surface area contributed by atoms with E-state index in [1.165, 1.54) is 0 Å². The Kier molecular flexibility index (Phi) is 6.36. The number of carbonyl (C=O) groups is 3. The molecule has 0 aliphatic heterocycles. The van der Waals surface area contributed by atoms with Crippen LogP contribution in [0.2, 0.25) is 0 Å². The van der Waals surface area contributed by atoms with Gasteiger partial charge in [0.15, 0.2) is 0 Å². The van der Waals surface area contributed by atoms with Crippen molar-refractivity contribution in [3.05, 3.63) is 0 Å². The van der Waals surface area contributed by atoms with Crippen LogP contribution in [0.3, 0.4) is 0 Å². The molecule has 0 saturated heterocycles. The topological polar surface area (TPSA) is 78.9 Å². The molecule has 0 aromatic heterocycles. The summed E-state index contributed by atoms with van der Waals surface area (Å²) in [5, 5.41) is 0. The molecule has 0 bridgehead atoms. The van der Waals surface area contributed by atoms with Crippen LogP contribution in [0.5, 0.6) is 0 Å². The number of carbonyl (C=O) groups excluding carboxylic acids is 3. The molecule has 0 rings (SSSR count). The molecule has 0 N–H and O–H groups in total. The van der Waals surface area contributed by atoms with Crippen LogP contribution in [0, 0.1) is 0 Å². The molecule has 0 unspecified atom stereocenters. The van der Waals surface area contributed by atoms with Crippen LogP contribution < -0.4 is 0 Å². The Morgan fingerprint density at radius 1 is 0.545 bits per heavy atom. The molecule has 0 aliphatic carbocycles. The fourth-order valence-corrected chi connectivity index (χ4v) is 2.78. The normalized spacial score (nSPS) is 12.8. The molecule has 0 fully saturated rings. The summed E-state index contributed by atoms with van der Waals surface area (Å²) in [7, 11) is 0. The quantitative estimate of drug-likeness (QED) is 0.466. The van der Waals surface area contributed by atoms with E-state index in [9.17, 15) is 53.9 Å². The van der Waals surface area contributed by atoms with Crippen molar-refractivity contribution in [2.45, 2.75) is 18.5 Å². The Hall–Kier alpha value is -1.40. The molecule has 0 atom stereocenters. The molecule has 22 heavy (non-hydrogen) atoms. The maximum atomic E-state index is 11.8. The summed E-state index contributed by atoms with van der Waals surface area (Å²) in [6.07, 6.45) is -17.5. The van der Waals surface area contributed by atoms with Crippen molar-refractivity contribution in [3.63, 3.8) is 0 Å². The second-order valence-electron chi connectivity index (χ2n) is 2.85. The molecule has 0 aromatic rings. The number of hydrogen-bond donors (Lipinski definition) is 0. The molecule has 0 saturated carbocycles. The number of halogens is 9. The zero-order valence-electron chi connectivity index (χ0n) is 9.30. The third-order valence-electron chi connectivity index (χ3n) is 1.17. The predicted molar refractivity (Wildman–Crippen MR) is 42.2 cm³/mol. The van der Waals surface area contributed by atoms with Gasteiger partial charge in [0.1, 0.15) is 0 Å². The van der Waals surface area contributed by atoms with Gasteiger partial charge in [0.2, 0.25) is 0 Å². The molecule has 16 heteroatoms. The van der Waals surface area contributed by atoms with E-state index in [4.69, 9.17) is 0 Å². The summed E-state index contributed by atoms with van der Waals surface area (Å²) in [6.45, 7) is 0. The Morgan fingerprint density at radius 2 is 0.727 bits per heavy atom. The third-order valence-corrected chi connectivity index (χ3v) is 3.86. The monoisotopic (exact) mass is 460 g/mol. The van der Waals surface area contributed by atoms with Crippen LogP contribution in [-0.2, 0) is 23.4 Å². The average Bonchev–Trinajstić information content (AvgIpc) is 2.24. The first-order chi connectivity index (χ1) is 9.55. The minimum absolute atomic E-state index is 3.08. The van der Waals surface area contributed by atoms with E-state index < -0.39 is 57.9 Å². The Balaban J connectivity index is 5.12. The summed E-state index contributed by atoms with van der Waals surface area (Å²) < 4.78 is 115. The van der Waals surface area contributed by atoms with E-state index in [1.807, 2.05) is 0 Å². The van der Waals surface area contributed by atoms with Gasteiger partial charge in [-0.05, 0) is 0 Å². The van der Waals surface area contributed by atoms with Crippen molar-refractivity contribution in [1.29, 1.82) is 0 Å². The van der Waals surface area contributed by atoms with Gasteiger partial charge < -0.3 is 0 Å². The van der Waals surface area contributed by atoms with Crippen molar-refractivity contribution in [3.8, 4) is 0 Å². The second-order valence-corrected chi connectivity index (χ2v) is 5.69. The van der Waals surface area contributed by atoms with Crippen LogP contribution in [-0.4, -0.2) is 57.9 Å². The third kappa shape index (κ3) is 7.04. The van der Waals surface area contributed by atoms with Gasteiger partial charge in [-0.3, -0.25) is 0 Å². The number of rotatable bonds is 3. The average molecular weight is 461 g/mol. The zero-order valence-corrected chi connectivity index (χ0v) is 11.9. The zero-order chi connectivity index (χ0) is 17.9. The van der Waals surface area contributed by atoms with Crippen LogP contribution >= 0.6 is 0 Å². The van der Waals surface area contributed by atoms with Crippen molar-refractivity contribution in [2.24, 2.45) is 0 Å². The summed E-state index contributed by atoms with van der Waals surface area (Å²) in [4.78, 5) is 30.9. The van der Waals surface area contributed by atoms with Crippen LogP contribution in [0.4, 0.5) is 39.5 Å². The van der Waals surface area contributed by atoms with Gasteiger partial charge in [-0.1, -0.05) is 0 Å². The Morgan fingerprint density at radius 3 is 0.864 bits per heavy atom. The Labute approximate surface area is 121 Å². The second kappa shape index (κ2) is 6.79. The van der Waals surface area contributed by atoms with Crippen molar-refractivity contribution >= 4 is 39.4 Å². The van der Waals surface area contributed by atoms with Gasteiger partial charge >= 0.3 is 121 Å². The van der Waals surface area contributed by atoms with E-state index in [1.54, 1.807) is 0 Å². The number of hydrogen-bond acceptors (Lipinski definition) is 6. The first-order valence-electron chi connectivity index (χ1n) is 4.22. The fourth-order valence-electron chi connectivity index (χ4n) is 0.414. The molecular formula is C6F9O6Sb. The molecule has 0 radical (unpaired) electrons. The van der Waals surface area contributed by atoms with Gasteiger partial charge in [-0.25, -0.2) is 0 Å². The van der Waals surface area contributed by atoms with Crippen molar-refractivity contribution in [2.75, 3.05) is 0 Å². The maximum absolute atomic E-state index is 11.8. The summed E-state index contributed by atoms with van der Waals surface area (Å²) >= 11 is -5.92. The molecule has 0 amide bonds. The standard InChI is InChI=1S/3C2HF3O2.Sb/c3*3-2(4,5)1(6)7;/h3*(H,6,7);/q;;;+3/p-3. The molecule has 0 spiro atoms. The summed E-state index contributed by atoms with van der Waals surface area (Å²) in [6, 6.07) is 0. The summed E-state index contributed by atoms with van der Waals surface area (Å²) in [5.74, 6) is -9.87. The molecular weight excluding hydrogens is 461 g/mol. The molecule has 0 aromatic carbocycles. The van der Waals surface area contributed by atoms with Gasteiger partial charge in [0.05, 0.1) is 0 Å². The van der Waals surface area contributed by atoms with E-state index >= 15 is 0 Å². The number of alkyl halides is 9. The first kappa shape index (κ1) is 20.6. The van der Waals surface area contributed by atoms with E-state index in [2.05, 4.69) is 9.05 Å². The minimum atomic E-state index is -5.92. The SMILES string of the molecule is O=C([O][Sb]([O]C(=O)C(F)(F)F)[O]C(=O)C(F)(F)F)C(F)(F)F. The van der Waals surface area contributed by atoms with E-state index in [-0.39, 0.29) is 0 Å². The van der Waals surface area contributed by atoms with E-state index in [0.29, 0.717) is 0 Å². The van der Waals surface area contributed by atoms with Crippen LogP contribution in [0.1, 0.15) is 0 Å². The predicted octanol–water partition coefficient (Wildman–Crippen LogP) is 1.29. The van der Waals surface area contributed by atoms with Gasteiger partial charge in [-0.15, -0.1) is 0 Å². The van der Waals surface area contributed by atoms with E-state index in [0.717, 1.165) is 0 Å². The van der Waals surface area contributed by atoms with Crippen molar-refractivity contribution < 1.29 is 62.9 Å². The van der Waals surface area contributed by atoms with Crippen molar-refractivity contribution in [1.82, 2.24) is 0 Å². The summed E-state index contributed by atoms with van der Waals surface area (Å²) in [5.41, 5.74) is 0. The van der Waals surface area contributed by atoms with Gasteiger partial charge in [0, 0.05) is 0 Å². The molecule has 0 aliphatic rings. The van der Waals surface area contributed by atoms with Gasteiger partial charge in [0.25, 0.3) is 0 Å². The van der Waals surface area contributed by atoms with Crippen LogP contribution in [0.15, 0.2) is 0 Å². The molecule has 6 nitrogen and oxygen atoms in total. The van der Waals surface area contributed by atoms with Crippen LogP contribution in [0.25, 0.3) is 0 Å². The molecule has 128 valence electrons. The first-order valence-corrected chi connectivity index (χ1v) is 7.35. The van der Waals surface area contributed by atoms with Gasteiger partial charge in [-0.2, -0.15) is 0 Å². The Bertz CT molecular complexity index is 384. The fraction of sp³-hybridized carbons (Fsp3) is 0.500. The molecule has 0 heterocycles.